The largest absolute Gasteiger partial charge is 0.481 e. The van der Waals surface area contributed by atoms with Gasteiger partial charge in [-0.1, -0.05) is 18.1 Å². The third-order valence-corrected chi connectivity index (χ3v) is 3.68. The van der Waals surface area contributed by atoms with Crippen LogP contribution in [-0.4, -0.2) is 28.7 Å². The number of aliphatic carboxylic acids is 1. The molecule has 106 valence electrons. The van der Waals surface area contributed by atoms with Crippen molar-refractivity contribution in [3.8, 4) is 10.6 Å². The SMILES string of the molecule is CC(CCNC(=O)c1cc(-c2cccs2)on1)C(=O)O. The zero-order valence-corrected chi connectivity index (χ0v) is 11.6. The first-order valence-corrected chi connectivity index (χ1v) is 6.97. The van der Waals surface area contributed by atoms with E-state index < -0.39 is 11.9 Å². The Balaban J connectivity index is 1.89. The number of hydrogen-bond donors (Lipinski definition) is 2. The molecule has 0 saturated carbocycles. The van der Waals surface area contributed by atoms with Crippen LogP contribution in [0.1, 0.15) is 23.8 Å². The zero-order chi connectivity index (χ0) is 14.5. The van der Waals surface area contributed by atoms with Crippen LogP contribution in [0.25, 0.3) is 10.6 Å². The fraction of sp³-hybridized carbons (Fsp3) is 0.308. The van der Waals surface area contributed by atoms with Crippen molar-refractivity contribution in [2.75, 3.05) is 6.54 Å². The average molecular weight is 294 g/mol. The maximum Gasteiger partial charge on any atom is 0.306 e. The number of hydrogen-bond acceptors (Lipinski definition) is 5. The number of nitrogens with one attached hydrogen (secondary N) is 1. The van der Waals surface area contributed by atoms with Gasteiger partial charge < -0.3 is 14.9 Å². The highest BCUT2D eigenvalue weighted by atomic mass is 32.1. The first-order chi connectivity index (χ1) is 9.58. The van der Waals surface area contributed by atoms with Crippen molar-refractivity contribution in [1.82, 2.24) is 10.5 Å². The number of aromatic nitrogens is 1. The molecule has 0 aliphatic heterocycles. The van der Waals surface area contributed by atoms with Gasteiger partial charge in [-0.05, 0) is 17.9 Å². The van der Waals surface area contributed by atoms with Crippen molar-refractivity contribution in [3.63, 3.8) is 0 Å². The molecule has 2 N–H and O–H groups in total. The molecule has 1 amide bonds. The molecule has 2 aromatic rings. The van der Waals surface area contributed by atoms with Crippen LogP contribution in [0.3, 0.4) is 0 Å². The Morgan fingerprint density at radius 1 is 1.55 bits per heavy atom. The number of carbonyl (C=O) groups is 2. The van der Waals surface area contributed by atoms with Gasteiger partial charge in [0.2, 0.25) is 0 Å². The van der Waals surface area contributed by atoms with E-state index in [-0.39, 0.29) is 18.1 Å². The van der Waals surface area contributed by atoms with Crippen LogP contribution in [0, 0.1) is 5.92 Å². The Labute approximate surface area is 119 Å². The van der Waals surface area contributed by atoms with Gasteiger partial charge in [0.05, 0.1) is 10.8 Å². The first kappa shape index (κ1) is 14.3. The minimum atomic E-state index is -0.874. The standard InChI is InChI=1S/C13H14N2O4S/c1-8(13(17)18)4-5-14-12(16)9-7-10(19-15-9)11-3-2-6-20-11/h2-3,6-8H,4-5H2,1H3,(H,14,16)(H,17,18). The van der Waals surface area contributed by atoms with Gasteiger partial charge in [-0.3, -0.25) is 9.59 Å². The maximum atomic E-state index is 11.8. The van der Waals surface area contributed by atoms with E-state index in [0.717, 1.165) is 4.88 Å². The molecule has 0 aliphatic rings. The van der Waals surface area contributed by atoms with Gasteiger partial charge in [0.25, 0.3) is 5.91 Å². The molecule has 6 nitrogen and oxygen atoms in total. The molecule has 1 atom stereocenters. The lowest BCUT2D eigenvalue weighted by molar-refractivity contribution is -0.141. The van der Waals surface area contributed by atoms with E-state index in [1.165, 1.54) is 11.3 Å². The summed E-state index contributed by atoms with van der Waals surface area (Å²) in [6, 6.07) is 5.33. The fourth-order valence-corrected chi connectivity index (χ4v) is 2.21. The van der Waals surface area contributed by atoms with Crippen LogP contribution < -0.4 is 5.32 Å². The molecule has 0 saturated heterocycles. The van der Waals surface area contributed by atoms with Crippen molar-refractivity contribution in [3.05, 3.63) is 29.3 Å². The second kappa shape index (κ2) is 6.33. The van der Waals surface area contributed by atoms with Crippen molar-refractivity contribution < 1.29 is 19.2 Å². The highest BCUT2D eigenvalue weighted by Gasteiger charge is 2.15. The van der Waals surface area contributed by atoms with E-state index >= 15 is 0 Å². The Morgan fingerprint density at radius 2 is 2.35 bits per heavy atom. The number of carbonyl (C=O) groups excluding carboxylic acids is 1. The molecule has 7 heteroatoms. The maximum absolute atomic E-state index is 11.8. The molecule has 0 spiro atoms. The Bertz CT molecular complexity index is 591. The third kappa shape index (κ3) is 3.45. The summed E-state index contributed by atoms with van der Waals surface area (Å²) in [5, 5.41) is 17.0. The minimum Gasteiger partial charge on any atom is -0.481 e. The lowest BCUT2D eigenvalue weighted by Gasteiger charge is -2.06. The number of carboxylic acid groups (broad SMARTS) is 1. The number of amides is 1. The molecule has 2 rings (SSSR count). The van der Waals surface area contributed by atoms with Gasteiger partial charge in [-0.15, -0.1) is 11.3 Å². The molecule has 0 bridgehead atoms. The molecule has 0 fully saturated rings. The molecule has 0 aliphatic carbocycles. The Kier molecular flexibility index (Phi) is 4.52. The van der Waals surface area contributed by atoms with Crippen LogP contribution in [0.4, 0.5) is 0 Å². The lowest BCUT2D eigenvalue weighted by atomic mass is 10.1. The molecule has 20 heavy (non-hydrogen) atoms. The fourth-order valence-electron chi connectivity index (χ4n) is 1.53. The Morgan fingerprint density at radius 3 is 3.00 bits per heavy atom. The van der Waals surface area contributed by atoms with E-state index in [2.05, 4.69) is 10.5 Å². The van der Waals surface area contributed by atoms with Gasteiger partial charge in [-0.2, -0.15) is 0 Å². The molecular formula is C13H14N2O4S. The summed E-state index contributed by atoms with van der Waals surface area (Å²) in [5.74, 6) is -1.19. The molecule has 1 unspecified atom stereocenters. The third-order valence-electron chi connectivity index (χ3n) is 2.79. The summed E-state index contributed by atoms with van der Waals surface area (Å²) >= 11 is 1.50. The van der Waals surface area contributed by atoms with Crippen molar-refractivity contribution in [1.29, 1.82) is 0 Å². The number of rotatable bonds is 6. The normalized spacial score (nSPS) is 12.1. The highest BCUT2D eigenvalue weighted by Crippen LogP contribution is 2.24. The van der Waals surface area contributed by atoms with Gasteiger partial charge in [-0.25, -0.2) is 0 Å². The monoisotopic (exact) mass is 294 g/mol. The number of nitrogens with zero attached hydrogens (tertiary/aromatic N) is 1. The molecular weight excluding hydrogens is 280 g/mol. The zero-order valence-electron chi connectivity index (χ0n) is 10.8. The van der Waals surface area contributed by atoms with E-state index in [1.54, 1.807) is 13.0 Å². The summed E-state index contributed by atoms with van der Waals surface area (Å²) in [6.07, 6.45) is 0.372. The van der Waals surface area contributed by atoms with Crippen LogP contribution >= 0.6 is 11.3 Å². The lowest BCUT2D eigenvalue weighted by Crippen LogP contribution is -2.27. The summed E-state index contributed by atoms with van der Waals surface area (Å²) in [6.45, 7) is 1.88. The van der Waals surface area contributed by atoms with E-state index in [9.17, 15) is 9.59 Å². The van der Waals surface area contributed by atoms with Gasteiger partial charge in [0.1, 0.15) is 0 Å². The summed E-state index contributed by atoms with van der Waals surface area (Å²) < 4.78 is 5.10. The second-order valence-corrected chi connectivity index (χ2v) is 5.29. The number of carboxylic acids is 1. The van der Waals surface area contributed by atoms with Gasteiger partial charge in [0.15, 0.2) is 11.5 Å². The van der Waals surface area contributed by atoms with Crippen molar-refractivity contribution in [2.24, 2.45) is 5.92 Å². The summed E-state index contributed by atoms with van der Waals surface area (Å²) in [4.78, 5) is 23.3. The molecule has 2 aromatic heterocycles. The minimum absolute atomic E-state index is 0.191. The topological polar surface area (TPSA) is 92.4 Å². The van der Waals surface area contributed by atoms with Crippen LogP contribution in [-0.2, 0) is 4.79 Å². The predicted octanol–water partition coefficient (Wildman–Crippen LogP) is 2.24. The van der Waals surface area contributed by atoms with Crippen molar-refractivity contribution >= 4 is 23.2 Å². The molecule has 0 radical (unpaired) electrons. The summed E-state index contributed by atoms with van der Waals surface area (Å²) in [5.41, 5.74) is 0.191. The quantitative estimate of drug-likeness (QED) is 0.852. The van der Waals surface area contributed by atoms with E-state index in [4.69, 9.17) is 9.63 Å². The van der Waals surface area contributed by atoms with E-state index in [0.29, 0.717) is 12.2 Å². The molecule has 0 aromatic carbocycles. The highest BCUT2D eigenvalue weighted by molar-refractivity contribution is 7.13. The Hall–Kier alpha value is -2.15. The predicted molar refractivity (Wildman–Crippen MR) is 73.6 cm³/mol. The molecule has 2 heterocycles. The van der Waals surface area contributed by atoms with Gasteiger partial charge in [0, 0.05) is 12.6 Å². The van der Waals surface area contributed by atoms with E-state index in [1.807, 2.05) is 17.5 Å². The van der Waals surface area contributed by atoms with Gasteiger partial charge >= 0.3 is 5.97 Å². The van der Waals surface area contributed by atoms with Crippen LogP contribution in [0.2, 0.25) is 0 Å². The number of thiophene rings is 1. The average Bonchev–Trinajstić information content (AvgIpc) is 3.08. The summed E-state index contributed by atoms with van der Waals surface area (Å²) in [7, 11) is 0. The van der Waals surface area contributed by atoms with Crippen LogP contribution in [0.5, 0.6) is 0 Å². The smallest absolute Gasteiger partial charge is 0.306 e. The van der Waals surface area contributed by atoms with Crippen LogP contribution in [0.15, 0.2) is 28.1 Å². The second-order valence-electron chi connectivity index (χ2n) is 4.34. The van der Waals surface area contributed by atoms with Crippen molar-refractivity contribution in [2.45, 2.75) is 13.3 Å². The first-order valence-electron chi connectivity index (χ1n) is 6.09.